The zero-order valence-electron chi connectivity index (χ0n) is 15.7. The van der Waals surface area contributed by atoms with E-state index in [4.69, 9.17) is 9.47 Å². The maximum atomic E-state index is 11.8. The van der Waals surface area contributed by atoms with E-state index in [1.165, 1.54) is 0 Å². The molecule has 23 heavy (non-hydrogen) atoms. The average Bonchev–Trinajstić information content (AvgIpc) is 2.34. The molecule has 0 aromatic heterocycles. The Morgan fingerprint density at radius 1 is 1.13 bits per heavy atom. The summed E-state index contributed by atoms with van der Waals surface area (Å²) in [5.74, 6) is -0.292. The van der Waals surface area contributed by atoms with Crippen LogP contribution < -0.4 is 0 Å². The number of esters is 1. The second-order valence-corrected chi connectivity index (χ2v) is 8.00. The van der Waals surface area contributed by atoms with E-state index in [2.05, 4.69) is 45.8 Å². The van der Waals surface area contributed by atoms with Gasteiger partial charge in [-0.3, -0.25) is 4.90 Å². The number of rotatable bonds is 7. The predicted octanol–water partition coefficient (Wildman–Crippen LogP) is 3.72. The number of hydrogen-bond acceptors (Lipinski definition) is 4. The maximum absolute atomic E-state index is 11.8. The summed E-state index contributed by atoms with van der Waals surface area (Å²) in [5.41, 5.74) is 1.37. The van der Waals surface area contributed by atoms with Gasteiger partial charge in [-0.25, -0.2) is 4.79 Å². The van der Waals surface area contributed by atoms with Gasteiger partial charge in [0.2, 0.25) is 0 Å². The van der Waals surface area contributed by atoms with Gasteiger partial charge in [-0.15, -0.1) is 0 Å². The zero-order chi connectivity index (χ0) is 17.8. The lowest BCUT2D eigenvalue weighted by molar-refractivity contribution is -0.156. The first-order valence-corrected chi connectivity index (χ1v) is 8.32. The Hall–Kier alpha value is -1.13. The molecular formula is C19H33NO3. The van der Waals surface area contributed by atoms with Gasteiger partial charge in [0.25, 0.3) is 0 Å². The van der Waals surface area contributed by atoms with Crippen LogP contribution in [0.25, 0.3) is 0 Å². The largest absolute Gasteiger partial charge is 0.459 e. The van der Waals surface area contributed by atoms with Gasteiger partial charge in [-0.05, 0) is 41.5 Å². The highest BCUT2D eigenvalue weighted by molar-refractivity contribution is 5.87. The Morgan fingerprint density at radius 2 is 1.65 bits per heavy atom. The predicted molar refractivity (Wildman–Crippen MR) is 94.4 cm³/mol. The van der Waals surface area contributed by atoms with Crippen LogP contribution in [0.2, 0.25) is 0 Å². The zero-order valence-corrected chi connectivity index (χ0v) is 15.7. The second-order valence-electron chi connectivity index (χ2n) is 8.00. The summed E-state index contributed by atoms with van der Waals surface area (Å²) in [6.07, 6.45) is 1.56. The minimum Gasteiger partial charge on any atom is -0.459 e. The fourth-order valence-corrected chi connectivity index (χ4v) is 3.57. The fourth-order valence-electron chi connectivity index (χ4n) is 3.57. The lowest BCUT2D eigenvalue weighted by atomic mass is 9.78. The summed E-state index contributed by atoms with van der Waals surface area (Å²) < 4.78 is 11.3. The summed E-state index contributed by atoms with van der Waals surface area (Å²) in [6.45, 7) is 22.1. The number of carbonyl (C=O) groups is 1. The van der Waals surface area contributed by atoms with Crippen LogP contribution in [0.1, 0.15) is 54.4 Å². The number of ether oxygens (including phenoxy) is 2. The molecule has 0 radical (unpaired) electrons. The quantitative estimate of drug-likeness (QED) is 0.310. The average molecular weight is 323 g/mol. The number of piperidine rings is 1. The molecule has 1 saturated heterocycles. The molecule has 0 aliphatic carbocycles. The van der Waals surface area contributed by atoms with Crippen molar-refractivity contribution in [2.24, 2.45) is 0 Å². The van der Waals surface area contributed by atoms with E-state index >= 15 is 0 Å². The van der Waals surface area contributed by atoms with Crippen molar-refractivity contribution in [3.05, 3.63) is 24.3 Å². The Bertz CT molecular complexity index is 447. The van der Waals surface area contributed by atoms with Gasteiger partial charge in [0, 0.05) is 36.0 Å². The molecule has 0 bridgehead atoms. The molecule has 4 nitrogen and oxygen atoms in total. The van der Waals surface area contributed by atoms with Crippen molar-refractivity contribution in [2.45, 2.75) is 71.6 Å². The first-order valence-electron chi connectivity index (χ1n) is 8.32. The third-order valence-corrected chi connectivity index (χ3v) is 4.35. The van der Waals surface area contributed by atoms with Crippen molar-refractivity contribution in [3.8, 4) is 0 Å². The summed E-state index contributed by atoms with van der Waals surface area (Å²) in [5, 5.41) is 0. The molecule has 0 spiro atoms. The normalized spacial score (nSPS) is 21.0. The summed E-state index contributed by atoms with van der Waals surface area (Å²) >= 11 is 0. The van der Waals surface area contributed by atoms with E-state index in [0.29, 0.717) is 18.8 Å². The van der Waals surface area contributed by atoms with Crippen molar-refractivity contribution in [1.82, 2.24) is 4.90 Å². The van der Waals surface area contributed by atoms with Crippen LogP contribution in [0.5, 0.6) is 0 Å². The number of hydrogen-bond donors (Lipinski definition) is 0. The van der Waals surface area contributed by atoms with Crippen LogP contribution in [0.15, 0.2) is 24.3 Å². The minimum absolute atomic E-state index is 0.0612. The van der Waals surface area contributed by atoms with Gasteiger partial charge in [0.1, 0.15) is 6.10 Å². The van der Waals surface area contributed by atoms with E-state index in [-0.39, 0.29) is 23.2 Å². The van der Waals surface area contributed by atoms with Crippen LogP contribution in [0.4, 0.5) is 0 Å². The van der Waals surface area contributed by atoms with Gasteiger partial charge in [0.15, 0.2) is 0 Å². The van der Waals surface area contributed by atoms with E-state index in [9.17, 15) is 4.79 Å². The SMILES string of the molecule is C=C(C)COCCN1C(C)(C)CC(OC(=O)C(=C)C)CC1(C)C. The van der Waals surface area contributed by atoms with Gasteiger partial charge in [-0.1, -0.05) is 18.7 Å². The van der Waals surface area contributed by atoms with Crippen molar-refractivity contribution < 1.29 is 14.3 Å². The lowest BCUT2D eigenvalue weighted by Gasteiger charge is -2.54. The van der Waals surface area contributed by atoms with E-state index in [0.717, 1.165) is 25.0 Å². The van der Waals surface area contributed by atoms with E-state index in [1.807, 2.05) is 6.92 Å². The molecule has 4 heteroatoms. The molecule has 0 aromatic rings. The molecule has 1 fully saturated rings. The Balaban J connectivity index is 2.70. The monoisotopic (exact) mass is 323 g/mol. The van der Waals surface area contributed by atoms with Gasteiger partial charge in [-0.2, -0.15) is 0 Å². The van der Waals surface area contributed by atoms with Crippen LogP contribution >= 0.6 is 0 Å². The van der Waals surface area contributed by atoms with Crippen molar-refractivity contribution >= 4 is 5.97 Å². The minimum atomic E-state index is -0.292. The molecule has 1 heterocycles. The topological polar surface area (TPSA) is 38.8 Å². The van der Waals surface area contributed by atoms with Crippen LogP contribution in [-0.2, 0) is 14.3 Å². The molecule has 0 N–H and O–H groups in total. The molecule has 0 unspecified atom stereocenters. The summed E-state index contributed by atoms with van der Waals surface area (Å²) in [7, 11) is 0. The maximum Gasteiger partial charge on any atom is 0.333 e. The first-order chi connectivity index (χ1) is 10.5. The number of carbonyl (C=O) groups excluding carboxylic acids is 1. The van der Waals surface area contributed by atoms with Gasteiger partial charge >= 0.3 is 5.97 Å². The number of nitrogens with zero attached hydrogens (tertiary/aromatic N) is 1. The fraction of sp³-hybridized carbons (Fsp3) is 0.737. The van der Waals surface area contributed by atoms with Crippen molar-refractivity contribution in [2.75, 3.05) is 19.8 Å². The molecule has 1 rings (SSSR count). The number of likely N-dealkylation sites (tertiary alicyclic amines) is 1. The molecule has 0 amide bonds. The second kappa shape index (κ2) is 7.63. The highest BCUT2D eigenvalue weighted by atomic mass is 16.5. The molecule has 0 atom stereocenters. The summed E-state index contributed by atoms with van der Waals surface area (Å²) in [4.78, 5) is 14.3. The molecule has 1 aliphatic heterocycles. The van der Waals surface area contributed by atoms with E-state index in [1.54, 1.807) is 6.92 Å². The van der Waals surface area contributed by atoms with E-state index < -0.39 is 0 Å². The molecule has 132 valence electrons. The molecule has 0 saturated carbocycles. The van der Waals surface area contributed by atoms with Gasteiger partial charge < -0.3 is 9.47 Å². The van der Waals surface area contributed by atoms with Crippen LogP contribution in [-0.4, -0.2) is 47.8 Å². The van der Waals surface area contributed by atoms with Gasteiger partial charge in [0.05, 0.1) is 13.2 Å². The third kappa shape index (κ3) is 5.78. The first kappa shape index (κ1) is 19.9. The molecular weight excluding hydrogens is 290 g/mol. The Morgan fingerprint density at radius 3 is 2.09 bits per heavy atom. The summed E-state index contributed by atoms with van der Waals surface area (Å²) in [6, 6.07) is 0. The highest BCUT2D eigenvalue weighted by Crippen LogP contribution is 2.39. The highest BCUT2D eigenvalue weighted by Gasteiger charge is 2.46. The standard InChI is InChI=1S/C19H33NO3/c1-14(2)13-22-10-9-20-18(5,6)11-16(12-19(20,7)8)23-17(21)15(3)4/h16H,1,3,9-13H2,2,4-8H3. The molecule has 1 aliphatic rings. The van der Waals surface area contributed by atoms with Crippen molar-refractivity contribution in [1.29, 1.82) is 0 Å². The third-order valence-electron chi connectivity index (χ3n) is 4.35. The lowest BCUT2D eigenvalue weighted by Crippen LogP contribution is -2.63. The Kier molecular flexibility index (Phi) is 6.60. The smallest absolute Gasteiger partial charge is 0.333 e. The van der Waals surface area contributed by atoms with Crippen LogP contribution in [0, 0.1) is 0 Å². The molecule has 0 aromatic carbocycles. The Labute approximate surface area is 141 Å². The van der Waals surface area contributed by atoms with Crippen molar-refractivity contribution in [3.63, 3.8) is 0 Å². The van der Waals surface area contributed by atoms with Crippen LogP contribution in [0.3, 0.4) is 0 Å².